The minimum absolute atomic E-state index is 0.0563. The number of rotatable bonds is 6. The van der Waals surface area contributed by atoms with Gasteiger partial charge in [0.05, 0.1) is 11.5 Å². The van der Waals surface area contributed by atoms with Gasteiger partial charge in [-0.05, 0) is 27.2 Å². The number of esters is 1. The van der Waals surface area contributed by atoms with Crippen LogP contribution < -0.4 is 0 Å². The minimum Gasteiger partial charge on any atom is -0.464 e. The number of hydrogen-bond donors (Lipinski definition) is 0. The topological polar surface area (TPSA) is 87.3 Å². The summed E-state index contributed by atoms with van der Waals surface area (Å²) in [4.78, 5) is 22.4. The molecular weight excluding hydrogens is 250 g/mol. The quantitative estimate of drug-likeness (QED) is 0.448. The third kappa shape index (κ3) is 3.10. The number of carbonyl (C=O) groups is 1. The average molecular weight is 269 g/mol. The summed E-state index contributed by atoms with van der Waals surface area (Å²) in [5.41, 5.74) is -0.726. The van der Waals surface area contributed by atoms with Gasteiger partial charge >= 0.3 is 11.7 Å². The molecule has 0 bridgehead atoms. The molecule has 7 heteroatoms. The number of hydrogen-bond acceptors (Lipinski definition) is 5. The molecule has 1 heterocycles. The fourth-order valence-electron chi connectivity index (χ4n) is 1.66. The van der Waals surface area contributed by atoms with Crippen molar-refractivity contribution in [2.45, 2.75) is 46.1 Å². The van der Waals surface area contributed by atoms with Crippen molar-refractivity contribution in [3.8, 4) is 0 Å². The van der Waals surface area contributed by atoms with E-state index in [2.05, 4.69) is 5.10 Å². The summed E-state index contributed by atoms with van der Waals surface area (Å²) in [6, 6.07) is 0. The Hall–Kier alpha value is -1.92. The van der Waals surface area contributed by atoms with Crippen molar-refractivity contribution >= 4 is 11.7 Å². The van der Waals surface area contributed by atoms with Gasteiger partial charge in [0, 0.05) is 0 Å². The van der Waals surface area contributed by atoms with E-state index in [1.165, 1.54) is 10.9 Å². The second kappa shape index (κ2) is 5.81. The summed E-state index contributed by atoms with van der Waals surface area (Å²) in [6.45, 7) is 7.13. The first-order chi connectivity index (χ1) is 8.84. The second-order valence-corrected chi connectivity index (χ2v) is 4.69. The molecular formula is C12H19N3O4. The van der Waals surface area contributed by atoms with Crippen molar-refractivity contribution < 1.29 is 14.5 Å². The number of nitrogens with zero attached hydrogens (tertiary/aromatic N) is 3. The van der Waals surface area contributed by atoms with Crippen LogP contribution in [0, 0.1) is 10.1 Å². The first-order valence-corrected chi connectivity index (χ1v) is 6.25. The van der Waals surface area contributed by atoms with Gasteiger partial charge in [-0.3, -0.25) is 10.1 Å². The highest BCUT2D eigenvalue weighted by Crippen LogP contribution is 2.24. The van der Waals surface area contributed by atoms with E-state index in [1.807, 2.05) is 6.92 Å². The molecule has 1 aromatic rings. The van der Waals surface area contributed by atoms with E-state index < -0.39 is 16.4 Å². The SMILES string of the molecule is CCCc1nn(C(C)(C)C(=O)OCC)cc1[N+](=O)[O-]. The maximum absolute atomic E-state index is 11.9. The molecule has 1 rings (SSSR count). The zero-order valence-electron chi connectivity index (χ0n) is 11.7. The molecule has 0 aliphatic carbocycles. The standard InChI is InChI=1S/C12H19N3O4/c1-5-7-9-10(15(17)18)8-14(13-9)12(3,4)11(16)19-6-2/h8H,5-7H2,1-4H3. The normalized spacial score (nSPS) is 11.4. The van der Waals surface area contributed by atoms with Crippen molar-refractivity contribution in [3.63, 3.8) is 0 Å². The molecule has 0 saturated heterocycles. The van der Waals surface area contributed by atoms with E-state index in [0.29, 0.717) is 12.1 Å². The fourth-order valence-corrected chi connectivity index (χ4v) is 1.66. The third-order valence-corrected chi connectivity index (χ3v) is 2.80. The molecule has 7 nitrogen and oxygen atoms in total. The van der Waals surface area contributed by atoms with E-state index >= 15 is 0 Å². The van der Waals surface area contributed by atoms with Crippen LogP contribution in [0.15, 0.2) is 6.20 Å². The lowest BCUT2D eigenvalue weighted by atomic mass is 10.1. The lowest BCUT2D eigenvalue weighted by Crippen LogP contribution is -2.38. The maximum atomic E-state index is 11.9. The predicted octanol–water partition coefficient (Wildman–Crippen LogP) is 2.04. The van der Waals surface area contributed by atoms with Crippen LogP contribution >= 0.6 is 0 Å². The van der Waals surface area contributed by atoms with Gasteiger partial charge in [-0.25, -0.2) is 9.48 Å². The molecule has 0 spiro atoms. The number of nitro groups is 1. The molecule has 0 saturated carbocycles. The minimum atomic E-state index is -1.06. The molecule has 0 atom stereocenters. The Bertz CT molecular complexity index is 479. The van der Waals surface area contributed by atoms with Crippen molar-refractivity contribution in [3.05, 3.63) is 22.0 Å². The molecule has 0 aliphatic rings. The summed E-state index contributed by atoms with van der Waals surface area (Å²) in [7, 11) is 0. The molecule has 106 valence electrons. The number of aromatic nitrogens is 2. The van der Waals surface area contributed by atoms with E-state index in [0.717, 1.165) is 6.42 Å². The largest absolute Gasteiger partial charge is 0.464 e. The Morgan fingerprint density at radius 2 is 2.16 bits per heavy atom. The van der Waals surface area contributed by atoms with Gasteiger partial charge in [0.25, 0.3) is 0 Å². The lowest BCUT2D eigenvalue weighted by Gasteiger charge is -2.22. The smallest absolute Gasteiger partial charge is 0.333 e. The number of ether oxygens (including phenoxy) is 1. The average Bonchev–Trinajstić information content (AvgIpc) is 2.74. The van der Waals surface area contributed by atoms with Crippen LogP contribution in [0.2, 0.25) is 0 Å². The van der Waals surface area contributed by atoms with Gasteiger partial charge in [0.2, 0.25) is 0 Å². The van der Waals surface area contributed by atoms with E-state index in [-0.39, 0.29) is 12.3 Å². The van der Waals surface area contributed by atoms with E-state index in [9.17, 15) is 14.9 Å². The van der Waals surface area contributed by atoms with Crippen LogP contribution in [-0.4, -0.2) is 27.3 Å². The second-order valence-electron chi connectivity index (χ2n) is 4.69. The molecule has 0 amide bonds. The van der Waals surface area contributed by atoms with Gasteiger partial charge in [0.1, 0.15) is 11.9 Å². The molecule has 1 aromatic heterocycles. The van der Waals surface area contributed by atoms with Crippen LogP contribution in [0.1, 0.15) is 39.8 Å². The van der Waals surface area contributed by atoms with E-state index in [4.69, 9.17) is 4.74 Å². The van der Waals surface area contributed by atoms with Crippen LogP contribution in [0.4, 0.5) is 5.69 Å². The predicted molar refractivity (Wildman–Crippen MR) is 68.8 cm³/mol. The van der Waals surface area contributed by atoms with Crippen LogP contribution in [0.3, 0.4) is 0 Å². The van der Waals surface area contributed by atoms with Crippen LogP contribution in [-0.2, 0) is 21.5 Å². The van der Waals surface area contributed by atoms with Crippen molar-refractivity contribution in [2.75, 3.05) is 6.61 Å². The Labute approximate surface area is 111 Å². The van der Waals surface area contributed by atoms with Gasteiger partial charge in [-0.2, -0.15) is 5.10 Å². The summed E-state index contributed by atoms with van der Waals surface area (Å²) in [6.07, 6.45) is 2.54. The van der Waals surface area contributed by atoms with Crippen molar-refractivity contribution in [1.29, 1.82) is 0 Å². The summed E-state index contributed by atoms with van der Waals surface area (Å²) >= 11 is 0. The Morgan fingerprint density at radius 3 is 2.63 bits per heavy atom. The Morgan fingerprint density at radius 1 is 1.53 bits per heavy atom. The van der Waals surface area contributed by atoms with Crippen LogP contribution in [0.5, 0.6) is 0 Å². The van der Waals surface area contributed by atoms with Crippen molar-refractivity contribution in [1.82, 2.24) is 9.78 Å². The summed E-state index contributed by atoms with van der Waals surface area (Å²) in [5.74, 6) is -0.463. The monoisotopic (exact) mass is 269 g/mol. The lowest BCUT2D eigenvalue weighted by molar-refractivity contribution is -0.385. The molecule has 0 aromatic carbocycles. The zero-order chi connectivity index (χ0) is 14.6. The Kier molecular flexibility index (Phi) is 4.63. The number of carbonyl (C=O) groups excluding carboxylic acids is 1. The highest BCUT2D eigenvalue weighted by atomic mass is 16.6. The third-order valence-electron chi connectivity index (χ3n) is 2.80. The molecule has 0 unspecified atom stereocenters. The Balaban J connectivity index is 3.16. The highest BCUT2D eigenvalue weighted by molar-refractivity contribution is 5.77. The molecule has 19 heavy (non-hydrogen) atoms. The van der Waals surface area contributed by atoms with Crippen LogP contribution in [0.25, 0.3) is 0 Å². The summed E-state index contributed by atoms with van der Waals surface area (Å²) in [5, 5.41) is 15.1. The van der Waals surface area contributed by atoms with Crippen molar-refractivity contribution in [2.24, 2.45) is 0 Å². The number of aryl methyl sites for hydroxylation is 1. The van der Waals surface area contributed by atoms with Gasteiger partial charge in [0.15, 0.2) is 5.54 Å². The molecule has 0 radical (unpaired) electrons. The first-order valence-electron chi connectivity index (χ1n) is 6.25. The van der Waals surface area contributed by atoms with E-state index in [1.54, 1.807) is 20.8 Å². The van der Waals surface area contributed by atoms with Gasteiger partial charge in [-0.1, -0.05) is 13.3 Å². The summed E-state index contributed by atoms with van der Waals surface area (Å²) < 4.78 is 6.27. The van der Waals surface area contributed by atoms with Gasteiger partial charge < -0.3 is 4.74 Å². The zero-order valence-corrected chi connectivity index (χ0v) is 11.7. The molecule has 0 aliphatic heterocycles. The van der Waals surface area contributed by atoms with Gasteiger partial charge in [-0.15, -0.1) is 0 Å². The molecule has 0 fully saturated rings. The first kappa shape index (κ1) is 15.1. The highest BCUT2D eigenvalue weighted by Gasteiger charge is 2.35. The maximum Gasteiger partial charge on any atom is 0.333 e. The fraction of sp³-hybridized carbons (Fsp3) is 0.667. The molecule has 0 N–H and O–H groups in total.